The van der Waals surface area contributed by atoms with E-state index in [0.29, 0.717) is 18.0 Å². The molecule has 0 aliphatic carbocycles. The average Bonchev–Trinajstić information content (AvgIpc) is 3.45. The lowest BCUT2D eigenvalue weighted by molar-refractivity contribution is 0.0191. The van der Waals surface area contributed by atoms with E-state index in [1.54, 1.807) is 0 Å². The molecule has 2 aliphatic rings. The van der Waals surface area contributed by atoms with Crippen molar-refractivity contribution in [1.29, 1.82) is 0 Å². The Hall–Kier alpha value is -3.04. The van der Waals surface area contributed by atoms with E-state index in [1.807, 2.05) is 19.1 Å². The van der Waals surface area contributed by atoms with Crippen LogP contribution in [0.25, 0.3) is 5.69 Å². The van der Waals surface area contributed by atoms with Crippen molar-refractivity contribution in [2.75, 3.05) is 36.9 Å². The molecule has 2 aliphatic heterocycles. The van der Waals surface area contributed by atoms with E-state index in [9.17, 15) is 8.78 Å². The number of aromatic nitrogens is 3. The normalized spacial score (nSPS) is 21.3. The maximum absolute atomic E-state index is 13.5. The van der Waals surface area contributed by atoms with Crippen LogP contribution in [0.4, 0.5) is 26.1 Å². The third kappa shape index (κ3) is 5.15. The van der Waals surface area contributed by atoms with Gasteiger partial charge < -0.3 is 15.4 Å². The summed E-state index contributed by atoms with van der Waals surface area (Å²) >= 11 is 0. The van der Waals surface area contributed by atoms with Gasteiger partial charge in [-0.15, -0.1) is 5.10 Å². The smallest absolute Gasteiger partial charge is 0.246 e. The summed E-state index contributed by atoms with van der Waals surface area (Å²) < 4.78 is 34.2. The maximum Gasteiger partial charge on any atom is 0.246 e. The SMILES string of the molecule is Cc1cc(Nc2ncn(-c3cc(F)cc(F)c3)n2)cc(NC2CCOCC2N2CCCC2)c1. The number of rotatable bonds is 6. The molecule has 3 aromatic rings. The van der Waals surface area contributed by atoms with Crippen molar-refractivity contribution < 1.29 is 13.5 Å². The summed E-state index contributed by atoms with van der Waals surface area (Å²) in [5, 5.41) is 11.2. The van der Waals surface area contributed by atoms with Crippen molar-refractivity contribution in [2.45, 2.75) is 38.3 Å². The van der Waals surface area contributed by atoms with Gasteiger partial charge in [0.15, 0.2) is 0 Å². The number of anilines is 3. The molecular formula is C24H28F2N6O. The number of aryl methyl sites for hydroxylation is 1. The molecule has 5 rings (SSSR count). The minimum absolute atomic E-state index is 0.270. The van der Waals surface area contributed by atoms with Crippen LogP contribution in [0.15, 0.2) is 42.7 Å². The number of hydrogen-bond donors (Lipinski definition) is 2. The van der Waals surface area contributed by atoms with Crippen LogP contribution in [-0.2, 0) is 4.74 Å². The first-order valence-corrected chi connectivity index (χ1v) is 11.4. The Morgan fingerprint density at radius 1 is 1.00 bits per heavy atom. The zero-order valence-corrected chi connectivity index (χ0v) is 18.6. The molecule has 7 nitrogen and oxygen atoms in total. The Morgan fingerprint density at radius 2 is 1.76 bits per heavy atom. The Balaban J connectivity index is 1.31. The van der Waals surface area contributed by atoms with Gasteiger partial charge in [-0.05, 0) is 75.2 Å². The minimum atomic E-state index is -0.662. The highest BCUT2D eigenvalue weighted by atomic mass is 19.1. The van der Waals surface area contributed by atoms with Crippen molar-refractivity contribution in [3.63, 3.8) is 0 Å². The zero-order valence-electron chi connectivity index (χ0n) is 18.6. The fraction of sp³-hybridized carbons (Fsp3) is 0.417. The molecule has 2 atom stereocenters. The lowest BCUT2D eigenvalue weighted by atomic mass is 10.0. The van der Waals surface area contributed by atoms with Gasteiger partial charge in [0.05, 0.1) is 18.3 Å². The van der Waals surface area contributed by atoms with E-state index in [0.717, 1.165) is 55.7 Å². The van der Waals surface area contributed by atoms with Crippen LogP contribution in [0, 0.1) is 18.6 Å². The summed E-state index contributed by atoms with van der Waals surface area (Å²) in [5.41, 5.74) is 3.23. The lowest BCUT2D eigenvalue weighted by Gasteiger charge is -2.38. The van der Waals surface area contributed by atoms with E-state index < -0.39 is 11.6 Å². The molecule has 2 saturated heterocycles. The molecule has 2 unspecified atom stereocenters. The molecule has 0 saturated carbocycles. The van der Waals surface area contributed by atoms with Gasteiger partial charge in [-0.3, -0.25) is 4.90 Å². The second kappa shape index (κ2) is 9.44. The van der Waals surface area contributed by atoms with Crippen molar-refractivity contribution in [3.05, 3.63) is 59.9 Å². The molecule has 33 heavy (non-hydrogen) atoms. The van der Waals surface area contributed by atoms with E-state index in [-0.39, 0.29) is 5.69 Å². The van der Waals surface area contributed by atoms with Crippen LogP contribution in [0.3, 0.4) is 0 Å². The van der Waals surface area contributed by atoms with Crippen LogP contribution in [0.5, 0.6) is 0 Å². The van der Waals surface area contributed by atoms with Gasteiger partial charge in [-0.2, -0.15) is 4.98 Å². The van der Waals surface area contributed by atoms with E-state index in [2.05, 4.69) is 31.7 Å². The molecule has 2 aromatic carbocycles. The van der Waals surface area contributed by atoms with Crippen molar-refractivity contribution >= 4 is 17.3 Å². The fourth-order valence-electron chi connectivity index (χ4n) is 4.72. The molecule has 0 spiro atoms. The van der Waals surface area contributed by atoms with Gasteiger partial charge in [0.25, 0.3) is 0 Å². The van der Waals surface area contributed by atoms with Gasteiger partial charge in [0.2, 0.25) is 5.95 Å². The average molecular weight is 455 g/mol. The molecule has 1 aromatic heterocycles. The number of ether oxygens (including phenoxy) is 1. The maximum atomic E-state index is 13.5. The number of nitrogens with zero attached hydrogens (tertiary/aromatic N) is 4. The standard InChI is InChI=1S/C24H28F2N6O/c1-16-8-19(28-22-4-7-33-14-23(22)31-5-2-3-6-31)13-20(9-16)29-24-27-15-32(30-24)21-11-17(25)10-18(26)12-21/h8-13,15,22-23,28H,2-7,14H2,1H3,(H,29,30). The van der Waals surface area contributed by atoms with Crippen LogP contribution < -0.4 is 10.6 Å². The van der Waals surface area contributed by atoms with Crippen molar-refractivity contribution in [3.8, 4) is 5.69 Å². The number of likely N-dealkylation sites (tertiary alicyclic amines) is 1. The molecule has 2 fully saturated rings. The molecule has 3 heterocycles. The van der Waals surface area contributed by atoms with Gasteiger partial charge in [0.1, 0.15) is 18.0 Å². The first kappa shape index (κ1) is 21.8. The Bertz CT molecular complexity index is 1090. The monoisotopic (exact) mass is 454 g/mol. The molecule has 0 radical (unpaired) electrons. The van der Waals surface area contributed by atoms with E-state index >= 15 is 0 Å². The summed E-state index contributed by atoms with van der Waals surface area (Å²) in [6.45, 7) is 5.84. The number of hydrogen-bond acceptors (Lipinski definition) is 6. The predicted molar refractivity (Wildman–Crippen MR) is 123 cm³/mol. The zero-order chi connectivity index (χ0) is 22.8. The summed E-state index contributed by atoms with van der Waals surface area (Å²) in [7, 11) is 0. The van der Waals surface area contributed by atoms with Crippen LogP contribution in [0.1, 0.15) is 24.8 Å². The topological polar surface area (TPSA) is 67.2 Å². The quantitative estimate of drug-likeness (QED) is 0.580. The minimum Gasteiger partial charge on any atom is -0.380 e. The van der Waals surface area contributed by atoms with E-state index in [1.165, 1.54) is 36.0 Å². The van der Waals surface area contributed by atoms with Crippen LogP contribution in [0.2, 0.25) is 0 Å². The largest absolute Gasteiger partial charge is 0.380 e. The molecule has 0 amide bonds. The van der Waals surface area contributed by atoms with Crippen LogP contribution >= 0.6 is 0 Å². The van der Waals surface area contributed by atoms with Gasteiger partial charge in [-0.1, -0.05) is 0 Å². The van der Waals surface area contributed by atoms with Crippen molar-refractivity contribution in [1.82, 2.24) is 19.7 Å². The Labute approximate surface area is 191 Å². The number of halogens is 2. The molecule has 2 N–H and O–H groups in total. The summed E-state index contributed by atoms with van der Waals surface area (Å²) in [5.74, 6) is -0.980. The lowest BCUT2D eigenvalue weighted by Crippen LogP contribution is -2.51. The highest BCUT2D eigenvalue weighted by Crippen LogP contribution is 2.26. The third-order valence-corrected chi connectivity index (χ3v) is 6.23. The van der Waals surface area contributed by atoms with Gasteiger partial charge in [0, 0.05) is 30.1 Å². The van der Waals surface area contributed by atoms with Gasteiger partial charge in [-0.25, -0.2) is 13.5 Å². The summed E-state index contributed by atoms with van der Waals surface area (Å²) in [4.78, 5) is 6.78. The predicted octanol–water partition coefficient (Wildman–Crippen LogP) is 4.26. The fourth-order valence-corrected chi connectivity index (χ4v) is 4.72. The van der Waals surface area contributed by atoms with E-state index in [4.69, 9.17) is 4.74 Å². The Morgan fingerprint density at radius 3 is 2.55 bits per heavy atom. The summed E-state index contributed by atoms with van der Waals surface area (Å²) in [6, 6.07) is 10.1. The third-order valence-electron chi connectivity index (χ3n) is 6.23. The molecule has 174 valence electrons. The number of benzene rings is 2. The Kier molecular flexibility index (Phi) is 6.24. The second-order valence-electron chi connectivity index (χ2n) is 8.78. The highest BCUT2D eigenvalue weighted by Gasteiger charge is 2.32. The molecule has 9 heteroatoms. The van der Waals surface area contributed by atoms with Crippen molar-refractivity contribution in [2.24, 2.45) is 0 Å². The first-order valence-electron chi connectivity index (χ1n) is 11.4. The molecular weight excluding hydrogens is 426 g/mol. The molecule has 0 bridgehead atoms. The number of nitrogens with one attached hydrogen (secondary N) is 2. The second-order valence-corrected chi connectivity index (χ2v) is 8.78. The van der Waals surface area contributed by atoms with Crippen LogP contribution in [-0.4, -0.2) is 58.1 Å². The highest BCUT2D eigenvalue weighted by molar-refractivity contribution is 5.63. The first-order chi connectivity index (χ1) is 16.0. The summed E-state index contributed by atoms with van der Waals surface area (Å²) in [6.07, 6.45) is 4.90. The van der Waals surface area contributed by atoms with Gasteiger partial charge >= 0.3 is 0 Å².